The molecule has 0 unspecified atom stereocenters. The first kappa shape index (κ1) is 24.5. The molecule has 1 aliphatic heterocycles. The van der Waals surface area contributed by atoms with Gasteiger partial charge in [-0.3, -0.25) is 14.4 Å². The lowest BCUT2D eigenvalue weighted by Crippen LogP contribution is -2.58. The van der Waals surface area contributed by atoms with Crippen LogP contribution < -0.4 is 10.5 Å². The first-order valence-corrected chi connectivity index (χ1v) is 13.6. The monoisotopic (exact) mass is 502 g/mol. The van der Waals surface area contributed by atoms with Gasteiger partial charge in [-0.05, 0) is 44.4 Å². The summed E-state index contributed by atoms with van der Waals surface area (Å²) in [6.45, 7) is 11.0. The predicted octanol–water partition coefficient (Wildman–Crippen LogP) is 4.81. The van der Waals surface area contributed by atoms with E-state index in [0.29, 0.717) is 24.7 Å². The van der Waals surface area contributed by atoms with Crippen LogP contribution in [0.5, 0.6) is 0 Å². The molecule has 3 aromatic heterocycles. The van der Waals surface area contributed by atoms with Crippen molar-refractivity contribution in [1.82, 2.24) is 24.2 Å². The molecular formula is C28H34N6OS. The molecule has 4 aromatic rings. The fourth-order valence-electron chi connectivity index (χ4n) is 5.48. The molecule has 36 heavy (non-hydrogen) atoms. The van der Waals surface area contributed by atoms with E-state index in [0.717, 1.165) is 48.2 Å². The summed E-state index contributed by atoms with van der Waals surface area (Å²) >= 11 is 1.70. The number of hydrogen-bond acceptors (Lipinski definition) is 6. The SMILES string of the molecule is CC#CCn1cc2c(n1)c(N1C[C@@H](CC)N([C@@H](C)c3ccc4ncsc4c3)C[C@@H]1CC)cc(=O)n2C. The third-order valence-electron chi connectivity index (χ3n) is 7.68. The van der Waals surface area contributed by atoms with Crippen LogP contribution in [0.25, 0.3) is 21.3 Å². The first-order valence-electron chi connectivity index (χ1n) is 12.8. The maximum absolute atomic E-state index is 13.0. The fraction of sp³-hybridized carbons (Fsp3) is 0.464. The third-order valence-corrected chi connectivity index (χ3v) is 8.47. The Bertz CT molecular complexity index is 1510. The molecule has 0 bridgehead atoms. The topological polar surface area (TPSA) is 59.2 Å². The summed E-state index contributed by atoms with van der Waals surface area (Å²) in [5, 5.41) is 4.87. The second-order valence-electron chi connectivity index (χ2n) is 9.64. The number of benzene rings is 1. The van der Waals surface area contributed by atoms with Crippen molar-refractivity contribution in [1.29, 1.82) is 0 Å². The van der Waals surface area contributed by atoms with E-state index < -0.39 is 0 Å². The zero-order chi connectivity index (χ0) is 25.4. The molecule has 188 valence electrons. The lowest BCUT2D eigenvalue weighted by molar-refractivity contribution is 0.101. The number of rotatable bonds is 6. The summed E-state index contributed by atoms with van der Waals surface area (Å²) in [5.41, 5.74) is 6.99. The van der Waals surface area contributed by atoms with Crippen molar-refractivity contribution in [2.45, 2.75) is 65.2 Å². The Morgan fingerprint density at radius 3 is 2.72 bits per heavy atom. The number of fused-ring (bicyclic) bond motifs is 2. The van der Waals surface area contributed by atoms with Gasteiger partial charge in [0.2, 0.25) is 0 Å². The Kier molecular flexibility index (Phi) is 6.87. The minimum absolute atomic E-state index is 0.00446. The number of aryl methyl sites for hydroxylation is 1. The molecule has 1 saturated heterocycles. The summed E-state index contributed by atoms with van der Waals surface area (Å²) in [5.74, 6) is 6.01. The smallest absolute Gasteiger partial charge is 0.252 e. The van der Waals surface area contributed by atoms with Gasteiger partial charge in [0, 0.05) is 44.3 Å². The molecular weight excluding hydrogens is 468 g/mol. The van der Waals surface area contributed by atoms with Crippen molar-refractivity contribution in [3.8, 4) is 11.8 Å². The molecule has 0 N–H and O–H groups in total. The highest BCUT2D eigenvalue weighted by atomic mass is 32.1. The van der Waals surface area contributed by atoms with Gasteiger partial charge in [0.25, 0.3) is 5.56 Å². The molecule has 7 nitrogen and oxygen atoms in total. The normalized spacial score (nSPS) is 19.5. The summed E-state index contributed by atoms with van der Waals surface area (Å²) in [4.78, 5) is 22.5. The Hall–Kier alpha value is -3.15. The van der Waals surface area contributed by atoms with E-state index in [1.54, 1.807) is 22.0 Å². The maximum atomic E-state index is 13.0. The van der Waals surface area contributed by atoms with Gasteiger partial charge < -0.3 is 9.47 Å². The van der Waals surface area contributed by atoms with Gasteiger partial charge in [-0.15, -0.1) is 17.3 Å². The number of nitrogens with zero attached hydrogens (tertiary/aromatic N) is 6. The van der Waals surface area contributed by atoms with Gasteiger partial charge in [0.05, 0.1) is 33.1 Å². The predicted molar refractivity (Wildman–Crippen MR) is 149 cm³/mol. The average molecular weight is 503 g/mol. The van der Waals surface area contributed by atoms with Crippen molar-refractivity contribution < 1.29 is 0 Å². The van der Waals surface area contributed by atoms with Crippen molar-refractivity contribution in [3.05, 3.63) is 51.9 Å². The van der Waals surface area contributed by atoms with Crippen LogP contribution in [0.4, 0.5) is 5.69 Å². The number of thiazole rings is 1. The second-order valence-corrected chi connectivity index (χ2v) is 10.5. The van der Waals surface area contributed by atoms with Crippen molar-refractivity contribution in [2.24, 2.45) is 7.05 Å². The fourth-order valence-corrected chi connectivity index (χ4v) is 6.20. The van der Waals surface area contributed by atoms with E-state index in [2.05, 4.69) is 65.6 Å². The molecule has 1 aliphatic rings. The standard InChI is InChI=1S/C28H34N6OS/c1-6-9-12-32-17-25-28(30-32)24(14-27(35)31(25)5)34-16-21(7-2)33(15-22(34)8-3)19(4)20-10-11-23-26(13-20)36-18-29-23/h10-11,13-14,17-19,21-22H,7-8,12,15-16H2,1-5H3/t19-,21+,22-/m0/s1. The van der Waals surface area contributed by atoms with E-state index in [9.17, 15) is 4.79 Å². The second kappa shape index (κ2) is 10.1. The van der Waals surface area contributed by atoms with Gasteiger partial charge in [-0.2, -0.15) is 5.10 Å². The number of aromatic nitrogens is 4. The Balaban J connectivity index is 1.50. The summed E-state index contributed by atoms with van der Waals surface area (Å²) in [6, 6.07) is 9.40. The Labute approximate surface area is 216 Å². The van der Waals surface area contributed by atoms with Crippen LogP contribution >= 0.6 is 11.3 Å². The minimum Gasteiger partial charge on any atom is -0.364 e. The molecule has 3 atom stereocenters. The number of piperazine rings is 1. The zero-order valence-corrected chi connectivity index (χ0v) is 22.5. The van der Waals surface area contributed by atoms with E-state index in [1.165, 1.54) is 10.3 Å². The van der Waals surface area contributed by atoms with Crippen LogP contribution in [0, 0.1) is 11.8 Å². The molecule has 4 heterocycles. The largest absolute Gasteiger partial charge is 0.364 e. The molecule has 0 spiro atoms. The molecule has 0 radical (unpaired) electrons. The van der Waals surface area contributed by atoms with Gasteiger partial charge in [-0.1, -0.05) is 25.8 Å². The molecule has 0 aliphatic carbocycles. The van der Waals surface area contributed by atoms with Crippen LogP contribution in [-0.4, -0.2) is 49.4 Å². The van der Waals surface area contributed by atoms with Gasteiger partial charge in [0.15, 0.2) is 0 Å². The van der Waals surface area contributed by atoms with E-state index in [4.69, 9.17) is 5.10 Å². The van der Waals surface area contributed by atoms with Gasteiger partial charge >= 0.3 is 0 Å². The van der Waals surface area contributed by atoms with Crippen molar-refractivity contribution >= 4 is 38.3 Å². The summed E-state index contributed by atoms with van der Waals surface area (Å²) < 4.78 is 4.77. The van der Waals surface area contributed by atoms with Crippen LogP contribution in [-0.2, 0) is 13.6 Å². The maximum Gasteiger partial charge on any atom is 0.252 e. The van der Waals surface area contributed by atoms with Crippen molar-refractivity contribution in [2.75, 3.05) is 18.0 Å². The lowest BCUT2D eigenvalue weighted by Gasteiger charge is -2.49. The third kappa shape index (κ3) is 4.31. The molecule has 1 fully saturated rings. The number of anilines is 1. The van der Waals surface area contributed by atoms with Gasteiger partial charge in [0.1, 0.15) is 12.1 Å². The summed E-state index contributed by atoms with van der Waals surface area (Å²) in [7, 11) is 1.82. The van der Waals surface area contributed by atoms with Crippen molar-refractivity contribution in [3.63, 3.8) is 0 Å². The Morgan fingerprint density at radius 1 is 1.17 bits per heavy atom. The molecule has 0 amide bonds. The molecule has 8 heteroatoms. The molecule has 5 rings (SSSR count). The zero-order valence-electron chi connectivity index (χ0n) is 21.7. The minimum atomic E-state index is -0.00446. The quantitative estimate of drug-likeness (QED) is 0.354. The highest BCUT2D eigenvalue weighted by Gasteiger charge is 2.36. The highest BCUT2D eigenvalue weighted by Crippen LogP contribution is 2.35. The van der Waals surface area contributed by atoms with Crippen LogP contribution in [0.1, 0.15) is 52.1 Å². The highest BCUT2D eigenvalue weighted by molar-refractivity contribution is 7.16. The average Bonchev–Trinajstić information content (AvgIpc) is 3.55. The molecule has 0 saturated carbocycles. The Morgan fingerprint density at radius 2 is 1.97 bits per heavy atom. The van der Waals surface area contributed by atoms with Crippen LogP contribution in [0.2, 0.25) is 0 Å². The van der Waals surface area contributed by atoms with E-state index in [1.807, 2.05) is 30.4 Å². The van der Waals surface area contributed by atoms with Gasteiger partial charge in [-0.25, -0.2) is 4.98 Å². The summed E-state index contributed by atoms with van der Waals surface area (Å²) in [6.07, 6.45) is 3.97. The lowest BCUT2D eigenvalue weighted by atomic mass is 9.96. The number of hydrogen-bond donors (Lipinski definition) is 0. The van der Waals surface area contributed by atoms with Crippen LogP contribution in [0.3, 0.4) is 0 Å². The first-order chi connectivity index (χ1) is 17.4. The van der Waals surface area contributed by atoms with E-state index >= 15 is 0 Å². The molecule has 1 aromatic carbocycles. The van der Waals surface area contributed by atoms with Crippen LogP contribution in [0.15, 0.2) is 40.8 Å². The number of pyridine rings is 1. The van der Waals surface area contributed by atoms with E-state index in [-0.39, 0.29) is 5.56 Å².